The number of carbonyl (C=O) groups is 1. The fourth-order valence-electron chi connectivity index (χ4n) is 1.36. The molecule has 3 nitrogen and oxygen atoms in total. The number of amides is 1. The highest BCUT2D eigenvalue weighted by Crippen LogP contribution is 2.01. The lowest BCUT2D eigenvalue weighted by atomic mass is 10.1. The average Bonchev–Trinajstić information content (AvgIpc) is 2.00. The zero-order valence-corrected chi connectivity index (χ0v) is 7.31. The lowest BCUT2D eigenvalue weighted by molar-refractivity contribution is -0.121. The van der Waals surface area contributed by atoms with Crippen molar-refractivity contribution in [2.45, 2.75) is 25.3 Å². The van der Waals surface area contributed by atoms with Crippen LogP contribution in [0.2, 0.25) is 0 Å². The molecule has 1 amide bonds. The minimum Gasteiger partial charge on any atom is -0.356 e. The van der Waals surface area contributed by atoms with Crippen molar-refractivity contribution in [1.29, 1.82) is 0 Å². The Hall–Kier alpha value is -0.830. The zero-order valence-electron chi connectivity index (χ0n) is 7.31. The van der Waals surface area contributed by atoms with Crippen LogP contribution in [0.3, 0.4) is 0 Å². The smallest absolute Gasteiger partial charge is 0.221 e. The standard InChI is InChI=1S/C9H16N2O/c1-2-4-8-7-9(12)11-6-3-5-10-8/h2,8,10H,1,3-7H2,(H,11,12). The number of carbonyl (C=O) groups excluding carboxylic acids is 1. The molecule has 3 heteroatoms. The summed E-state index contributed by atoms with van der Waals surface area (Å²) in [7, 11) is 0. The van der Waals surface area contributed by atoms with E-state index in [9.17, 15) is 4.79 Å². The van der Waals surface area contributed by atoms with Crippen LogP contribution in [0, 0.1) is 0 Å². The summed E-state index contributed by atoms with van der Waals surface area (Å²) in [6.07, 6.45) is 4.31. The van der Waals surface area contributed by atoms with E-state index in [1.807, 2.05) is 6.08 Å². The topological polar surface area (TPSA) is 41.1 Å². The highest BCUT2D eigenvalue weighted by Gasteiger charge is 2.13. The summed E-state index contributed by atoms with van der Waals surface area (Å²) in [5, 5.41) is 6.18. The molecule has 1 atom stereocenters. The largest absolute Gasteiger partial charge is 0.356 e. The van der Waals surface area contributed by atoms with E-state index in [0.29, 0.717) is 6.42 Å². The molecule has 12 heavy (non-hydrogen) atoms. The summed E-state index contributed by atoms with van der Waals surface area (Å²) in [5.74, 6) is 0.147. The average molecular weight is 168 g/mol. The molecule has 1 saturated heterocycles. The van der Waals surface area contributed by atoms with Crippen LogP contribution in [-0.4, -0.2) is 25.0 Å². The highest BCUT2D eigenvalue weighted by atomic mass is 16.1. The summed E-state index contributed by atoms with van der Waals surface area (Å²) in [6.45, 7) is 5.45. The van der Waals surface area contributed by atoms with Gasteiger partial charge in [0.05, 0.1) is 0 Å². The molecule has 2 N–H and O–H groups in total. The van der Waals surface area contributed by atoms with Gasteiger partial charge >= 0.3 is 0 Å². The molecule has 0 saturated carbocycles. The van der Waals surface area contributed by atoms with Crippen LogP contribution in [0.25, 0.3) is 0 Å². The van der Waals surface area contributed by atoms with Crippen molar-refractivity contribution in [3.8, 4) is 0 Å². The van der Waals surface area contributed by atoms with Crippen molar-refractivity contribution in [3.05, 3.63) is 12.7 Å². The van der Waals surface area contributed by atoms with Crippen LogP contribution >= 0.6 is 0 Å². The molecular formula is C9H16N2O. The normalized spacial score (nSPS) is 25.3. The second-order valence-electron chi connectivity index (χ2n) is 3.08. The van der Waals surface area contributed by atoms with Crippen molar-refractivity contribution in [2.24, 2.45) is 0 Å². The molecule has 1 unspecified atom stereocenters. The molecule has 1 rings (SSSR count). The molecule has 0 radical (unpaired) electrons. The maximum atomic E-state index is 11.1. The van der Waals surface area contributed by atoms with E-state index in [-0.39, 0.29) is 11.9 Å². The molecule has 1 aliphatic heterocycles. The third-order valence-electron chi connectivity index (χ3n) is 1.99. The Morgan fingerprint density at radius 2 is 2.42 bits per heavy atom. The van der Waals surface area contributed by atoms with Crippen LogP contribution in [-0.2, 0) is 4.79 Å². The first-order chi connectivity index (χ1) is 5.83. The van der Waals surface area contributed by atoms with Gasteiger partial charge in [0.25, 0.3) is 0 Å². The summed E-state index contributed by atoms with van der Waals surface area (Å²) in [6, 6.07) is 0.280. The molecule has 0 aromatic carbocycles. The van der Waals surface area contributed by atoms with E-state index in [1.165, 1.54) is 0 Å². The van der Waals surface area contributed by atoms with Crippen LogP contribution in [0.5, 0.6) is 0 Å². The first-order valence-electron chi connectivity index (χ1n) is 4.44. The van der Waals surface area contributed by atoms with Crippen molar-refractivity contribution < 1.29 is 4.79 Å². The van der Waals surface area contributed by atoms with Gasteiger partial charge in [0.15, 0.2) is 0 Å². The number of hydrogen-bond donors (Lipinski definition) is 2. The predicted octanol–water partition coefficient (Wildman–Crippen LogP) is 0.431. The Morgan fingerprint density at radius 3 is 3.17 bits per heavy atom. The molecule has 0 aliphatic carbocycles. The maximum absolute atomic E-state index is 11.1. The molecule has 0 aromatic heterocycles. The molecule has 0 bridgehead atoms. The minimum atomic E-state index is 0.147. The molecule has 1 fully saturated rings. The molecule has 1 aliphatic rings. The van der Waals surface area contributed by atoms with Gasteiger partial charge in [-0.25, -0.2) is 0 Å². The van der Waals surface area contributed by atoms with E-state index in [0.717, 1.165) is 25.9 Å². The lowest BCUT2D eigenvalue weighted by Crippen LogP contribution is -2.40. The third-order valence-corrected chi connectivity index (χ3v) is 1.99. The van der Waals surface area contributed by atoms with E-state index < -0.39 is 0 Å². The Bertz CT molecular complexity index is 168. The first-order valence-corrected chi connectivity index (χ1v) is 4.44. The van der Waals surface area contributed by atoms with Gasteiger partial charge in [-0.1, -0.05) is 6.08 Å². The fourth-order valence-corrected chi connectivity index (χ4v) is 1.36. The van der Waals surface area contributed by atoms with Gasteiger partial charge in [-0.05, 0) is 19.4 Å². The highest BCUT2D eigenvalue weighted by molar-refractivity contribution is 5.76. The second-order valence-corrected chi connectivity index (χ2v) is 3.08. The quantitative estimate of drug-likeness (QED) is 0.587. The van der Waals surface area contributed by atoms with Gasteiger partial charge in [-0.15, -0.1) is 6.58 Å². The first kappa shape index (κ1) is 9.26. The summed E-state index contributed by atoms with van der Waals surface area (Å²) in [4.78, 5) is 11.1. The van der Waals surface area contributed by atoms with Crippen LogP contribution in [0.4, 0.5) is 0 Å². The van der Waals surface area contributed by atoms with Gasteiger partial charge in [-0.3, -0.25) is 4.79 Å². The number of hydrogen-bond acceptors (Lipinski definition) is 2. The predicted molar refractivity (Wildman–Crippen MR) is 48.8 cm³/mol. The lowest BCUT2D eigenvalue weighted by Gasteiger charge is -2.19. The Labute approximate surface area is 73.2 Å². The molecule has 0 aromatic rings. The monoisotopic (exact) mass is 168 g/mol. The summed E-state index contributed by atoms with van der Waals surface area (Å²) in [5.41, 5.74) is 0. The van der Waals surface area contributed by atoms with Crippen molar-refractivity contribution in [1.82, 2.24) is 10.6 Å². The van der Waals surface area contributed by atoms with Gasteiger partial charge in [0, 0.05) is 19.0 Å². The van der Waals surface area contributed by atoms with E-state index in [2.05, 4.69) is 17.2 Å². The van der Waals surface area contributed by atoms with Crippen LogP contribution in [0.1, 0.15) is 19.3 Å². The fraction of sp³-hybridized carbons (Fsp3) is 0.667. The Kier molecular flexibility index (Phi) is 3.80. The molecular weight excluding hydrogens is 152 g/mol. The van der Waals surface area contributed by atoms with Crippen molar-refractivity contribution in [2.75, 3.05) is 13.1 Å². The van der Waals surface area contributed by atoms with Crippen molar-refractivity contribution >= 4 is 5.91 Å². The number of rotatable bonds is 2. The van der Waals surface area contributed by atoms with Crippen LogP contribution in [0.15, 0.2) is 12.7 Å². The van der Waals surface area contributed by atoms with Gasteiger partial charge < -0.3 is 10.6 Å². The molecule has 1 heterocycles. The van der Waals surface area contributed by atoms with Gasteiger partial charge in [-0.2, -0.15) is 0 Å². The van der Waals surface area contributed by atoms with E-state index in [1.54, 1.807) is 0 Å². The number of nitrogens with one attached hydrogen (secondary N) is 2. The SMILES string of the molecule is C=CCC1CC(=O)NCCCN1. The maximum Gasteiger partial charge on any atom is 0.221 e. The summed E-state index contributed by atoms with van der Waals surface area (Å²) >= 11 is 0. The van der Waals surface area contributed by atoms with Gasteiger partial charge in [0.2, 0.25) is 5.91 Å². The minimum absolute atomic E-state index is 0.147. The third kappa shape index (κ3) is 3.05. The van der Waals surface area contributed by atoms with E-state index >= 15 is 0 Å². The molecule has 68 valence electrons. The summed E-state index contributed by atoms with van der Waals surface area (Å²) < 4.78 is 0. The second kappa shape index (κ2) is 4.93. The molecule has 0 spiro atoms. The zero-order chi connectivity index (χ0) is 8.81. The van der Waals surface area contributed by atoms with Crippen LogP contribution < -0.4 is 10.6 Å². The Balaban J connectivity index is 2.37. The van der Waals surface area contributed by atoms with Gasteiger partial charge in [0.1, 0.15) is 0 Å². The van der Waals surface area contributed by atoms with Crippen molar-refractivity contribution in [3.63, 3.8) is 0 Å². The van der Waals surface area contributed by atoms with E-state index in [4.69, 9.17) is 0 Å². The Morgan fingerprint density at radius 1 is 1.58 bits per heavy atom.